The molecular weight excluding hydrogens is 314 g/mol. The zero-order valence-corrected chi connectivity index (χ0v) is 14.5. The Morgan fingerprint density at radius 3 is 2.60 bits per heavy atom. The van der Waals surface area contributed by atoms with Gasteiger partial charge >= 0.3 is 0 Å². The number of carbonyl (C=O) groups excluding carboxylic acids is 1. The van der Waals surface area contributed by atoms with Gasteiger partial charge in [0.05, 0.1) is 6.04 Å². The van der Waals surface area contributed by atoms with E-state index >= 15 is 0 Å². The summed E-state index contributed by atoms with van der Waals surface area (Å²) in [4.78, 5) is 21.3. The number of rotatable bonds is 4. The van der Waals surface area contributed by atoms with Crippen LogP contribution in [-0.2, 0) is 6.54 Å². The van der Waals surface area contributed by atoms with E-state index in [4.69, 9.17) is 0 Å². The summed E-state index contributed by atoms with van der Waals surface area (Å²) in [7, 11) is 0. The fourth-order valence-electron chi connectivity index (χ4n) is 3.90. The van der Waals surface area contributed by atoms with Crippen molar-refractivity contribution < 1.29 is 4.79 Å². The number of carbonyl (C=O) groups is 1. The Hall–Kier alpha value is -2.21. The van der Waals surface area contributed by atoms with E-state index in [-0.39, 0.29) is 11.9 Å². The van der Waals surface area contributed by atoms with Gasteiger partial charge in [-0.2, -0.15) is 5.10 Å². The predicted octanol–water partition coefficient (Wildman–Crippen LogP) is 2.35. The number of likely N-dealkylation sites (tertiary alicyclic amines) is 2. The molecule has 0 saturated carbocycles. The zero-order chi connectivity index (χ0) is 17.1. The standard InChI is InChI=1S/C19H25N5O/c25-19(23-11-3-4-18(13-23)24-15-20-14-21-24)17-7-5-16(6-8-17)12-22-9-1-2-10-22/h5-8,14-15,18H,1-4,9-13H2. The molecule has 2 aliphatic rings. The minimum atomic E-state index is 0.123. The minimum Gasteiger partial charge on any atom is -0.337 e. The molecular formula is C19H25N5O. The van der Waals surface area contributed by atoms with E-state index in [0.717, 1.165) is 31.5 Å². The van der Waals surface area contributed by atoms with Crippen LogP contribution < -0.4 is 0 Å². The molecule has 4 rings (SSSR count). The maximum atomic E-state index is 12.8. The van der Waals surface area contributed by atoms with Crippen LogP contribution in [0.3, 0.4) is 0 Å². The van der Waals surface area contributed by atoms with Crippen molar-refractivity contribution in [3.05, 3.63) is 48.0 Å². The molecule has 6 heteroatoms. The second-order valence-electron chi connectivity index (χ2n) is 7.10. The highest BCUT2D eigenvalue weighted by molar-refractivity contribution is 5.94. The van der Waals surface area contributed by atoms with Gasteiger partial charge in [0, 0.05) is 25.2 Å². The second kappa shape index (κ2) is 7.35. The monoisotopic (exact) mass is 339 g/mol. The van der Waals surface area contributed by atoms with Crippen molar-refractivity contribution in [2.24, 2.45) is 0 Å². The van der Waals surface area contributed by atoms with E-state index in [1.165, 1.54) is 31.5 Å². The van der Waals surface area contributed by atoms with Gasteiger partial charge in [-0.1, -0.05) is 12.1 Å². The number of hydrogen-bond acceptors (Lipinski definition) is 4. The first kappa shape index (κ1) is 16.3. The third-order valence-corrected chi connectivity index (χ3v) is 5.30. The topological polar surface area (TPSA) is 54.3 Å². The van der Waals surface area contributed by atoms with Crippen molar-refractivity contribution in [2.45, 2.75) is 38.3 Å². The number of nitrogens with zero attached hydrogens (tertiary/aromatic N) is 5. The number of aromatic nitrogens is 3. The highest BCUT2D eigenvalue weighted by Crippen LogP contribution is 2.22. The van der Waals surface area contributed by atoms with Gasteiger partial charge in [0.15, 0.2) is 0 Å². The van der Waals surface area contributed by atoms with E-state index in [1.54, 1.807) is 12.7 Å². The lowest BCUT2D eigenvalue weighted by Crippen LogP contribution is -2.40. The lowest BCUT2D eigenvalue weighted by Gasteiger charge is -2.32. The van der Waals surface area contributed by atoms with Crippen molar-refractivity contribution in [3.8, 4) is 0 Å². The SMILES string of the molecule is O=C(c1ccc(CN2CCCC2)cc1)N1CCCC(n2cncn2)C1. The summed E-state index contributed by atoms with van der Waals surface area (Å²) in [6.07, 6.45) is 7.95. The molecule has 2 saturated heterocycles. The van der Waals surface area contributed by atoms with Crippen LogP contribution in [0.4, 0.5) is 0 Å². The molecule has 2 aromatic rings. The summed E-state index contributed by atoms with van der Waals surface area (Å²) in [6, 6.07) is 8.39. The Labute approximate surface area is 148 Å². The fraction of sp³-hybridized carbons (Fsp3) is 0.526. The highest BCUT2D eigenvalue weighted by atomic mass is 16.2. The molecule has 0 N–H and O–H groups in total. The lowest BCUT2D eigenvalue weighted by atomic mass is 10.0. The van der Waals surface area contributed by atoms with Crippen LogP contribution in [0.25, 0.3) is 0 Å². The molecule has 2 aliphatic heterocycles. The van der Waals surface area contributed by atoms with Gasteiger partial charge in [-0.05, 0) is 56.5 Å². The maximum Gasteiger partial charge on any atom is 0.253 e. The number of benzene rings is 1. The van der Waals surface area contributed by atoms with Crippen LogP contribution in [0.2, 0.25) is 0 Å². The molecule has 25 heavy (non-hydrogen) atoms. The third-order valence-electron chi connectivity index (χ3n) is 5.30. The van der Waals surface area contributed by atoms with Crippen LogP contribution in [0.15, 0.2) is 36.9 Å². The van der Waals surface area contributed by atoms with E-state index in [0.29, 0.717) is 6.54 Å². The van der Waals surface area contributed by atoms with Crippen molar-refractivity contribution in [1.82, 2.24) is 24.6 Å². The Morgan fingerprint density at radius 1 is 1.08 bits per heavy atom. The van der Waals surface area contributed by atoms with Gasteiger partial charge < -0.3 is 4.90 Å². The molecule has 1 atom stereocenters. The lowest BCUT2D eigenvalue weighted by molar-refractivity contribution is 0.0672. The Kier molecular flexibility index (Phi) is 4.78. The average molecular weight is 339 g/mol. The van der Waals surface area contributed by atoms with Gasteiger partial charge in [0.1, 0.15) is 12.7 Å². The van der Waals surface area contributed by atoms with Crippen molar-refractivity contribution in [1.29, 1.82) is 0 Å². The van der Waals surface area contributed by atoms with Gasteiger partial charge in [-0.3, -0.25) is 9.69 Å². The quantitative estimate of drug-likeness (QED) is 0.858. The fourth-order valence-corrected chi connectivity index (χ4v) is 3.90. The molecule has 6 nitrogen and oxygen atoms in total. The van der Waals surface area contributed by atoms with Crippen LogP contribution in [0.5, 0.6) is 0 Å². The Balaban J connectivity index is 1.39. The third kappa shape index (κ3) is 3.74. The first-order valence-electron chi connectivity index (χ1n) is 9.24. The first-order valence-corrected chi connectivity index (χ1v) is 9.24. The molecule has 1 aromatic carbocycles. The average Bonchev–Trinajstić information content (AvgIpc) is 3.36. The molecule has 0 spiro atoms. The summed E-state index contributed by atoms with van der Waals surface area (Å²) < 4.78 is 1.87. The molecule has 1 unspecified atom stereocenters. The second-order valence-corrected chi connectivity index (χ2v) is 7.10. The molecule has 1 amide bonds. The van der Waals surface area contributed by atoms with Crippen LogP contribution in [0, 0.1) is 0 Å². The van der Waals surface area contributed by atoms with Gasteiger partial charge in [0.25, 0.3) is 5.91 Å². The van der Waals surface area contributed by atoms with Crippen LogP contribution >= 0.6 is 0 Å². The molecule has 132 valence electrons. The molecule has 0 radical (unpaired) electrons. The van der Waals surface area contributed by atoms with Crippen molar-refractivity contribution in [2.75, 3.05) is 26.2 Å². The molecule has 0 aliphatic carbocycles. The molecule has 0 bridgehead atoms. The van der Waals surface area contributed by atoms with Crippen LogP contribution in [-0.4, -0.2) is 56.7 Å². The van der Waals surface area contributed by atoms with Gasteiger partial charge in [-0.25, -0.2) is 9.67 Å². The zero-order valence-electron chi connectivity index (χ0n) is 14.5. The molecule has 1 aromatic heterocycles. The molecule has 2 fully saturated rings. The van der Waals surface area contributed by atoms with E-state index in [1.807, 2.05) is 21.7 Å². The normalized spacial score (nSPS) is 21.6. The largest absolute Gasteiger partial charge is 0.337 e. The Morgan fingerprint density at radius 2 is 1.88 bits per heavy atom. The first-order chi connectivity index (χ1) is 12.3. The van der Waals surface area contributed by atoms with E-state index in [2.05, 4.69) is 27.1 Å². The Bertz CT molecular complexity index is 691. The van der Waals surface area contributed by atoms with Crippen LogP contribution in [0.1, 0.15) is 47.6 Å². The summed E-state index contributed by atoms with van der Waals surface area (Å²) >= 11 is 0. The number of amides is 1. The van der Waals surface area contributed by atoms with Crippen molar-refractivity contribution in [3.63, 3.8) is 0 Å². The van der Waals surface area contributed by atoms with Gasteiger partial charge in [-0.15, -0.1) is 0 Å². The maximum absolute atomic E-state index is 12.8. The summed E-state index contributed by atoms with van der Waals surface area (Å²) in [5, 5.41) is 4.23. The summed E-state index contributed by atoms with van der Waals surface area (Å²) in [6.45, 7) is 4.90. The van der Waals surface area contributed by atoms with E-state index < -0.39 is 0 Å². The minimum absolute atomic E-state index is 0.123. The molecule has 3 heterocycles. The summed E-state index contributed by atoms with van der Waals surface area (Å²) in [5.41, 5.74) is 2.07. The van der Waals surface area contributed by atoms with Gasteiger partial charge in [0.2, 0.25) is 0 Å². The van der Waals surface area contributed by atoms with Crippen molar-refractivity contribution >= 4 is 5.91 Å². The van der Waals surface area contributed by atoms with E-state index in [9.17, 15) is 4.79 Å². The smallest absolute Gasteiger partial charge is 0.253 e. The number of piperidine rings is 1. The predicted molar refractivity (Wildman–Crippen MR) is 95.1 cm³/mol. The number of hydrogen-bond donors (Lipinski definition) is 0. The highest BCUT2D eigenvalue weighted by Gasteiger charge is 2.26. The summed E-state index contributed by atoms with van der Waals surface area (Å²) in [5.74, 6) is 0.123.